The lowest BCUT2D eigenvalue weighted by atomic mass is 9.81. The number of benzene rings is 6. The van der Waals surface area contributed by atoms with Gasteiger partial charge in [-0.3, -0.25) is 0 Å². The Morgan fingerprint density at radius 1 is 0.312 bits per heavy atom. The lowest BCUT2D eigenvalue weighted by molar-refractivity contribution is -0.144. The minimum atomic E-state index is -5.30. The molecule has 0 aliphatic carbocycles. The maximum Gasteiger partial charge on any atom is 0.416 e. The molecule has 0 heterocycles. The van der Waals surface area contributed by atoms with Crippen LogP contribution in [0.15, 0.2) is 109 Å². The van der Waals surface area contributed by atoms with Gasteiger partial charge < -0.3 is 0 Å². The van der Waals surface area contributed by atoms with Crippen molar-refractivity contribution in [3.05, 3.63) is 131 Å². The van der Waals surface area contributed by atoms with Gasteiger partial charge in [0.2, 0.25) is 0 Å². The Morgan fingerprint density at radius 2 is 0.729 bits per heavy atom. The van der Waals surface area contributed by atoms with Crippen molar-refractivity contribution in [2.45, 2.75) is 24.7 Å². The van der Waals surface area contributed by atoms with E-state index in [-0.39, 0.29) is 34.0 Å². The van der Waals surface area contributed by atoms with Crippen LogP contribution in [0.5, 0.6) is 0 Å². The van der Waals surface area contributed by atoms with Gasteiger partial charge in [0.25, 0.3) is 0 Å². The Balaban J connectivity index is 1.88. The second-order valence-corrected chi connectivity index (χ2v) is 11.0. The summed E-state index contributed by atoms with van der Waals surface area (Å²) < 4.78 is 169. The molecule has 6 aromatic rings. The van der Waals surface area contributed by atoms with Gasteiger partial charge in [0.05, 0.1) is 22.3 Å². The lowest BCUT2D eigenvalue weighted by Crippen LogP contribution is -2.12. The third-order valence-corrected chi connectivity index (χ3v) is 7.88. The summed E-state index contributed by atoms with van der Waals surface area (Å²) in [6, 6.07) is 20.1. The van der Waals surface area contributed by atoms with Crippen molar-refractivity contribution < 1.29 is 52.7 Å². The van der Waals surface area contributed by atoms with E-state index in [1.165, 1.54) is 30.3 Å². The van der Waals surface area contributed by atoms with Crippen LogP contribution in [0.2, 0.25) is 0 Å². The monoisotopic (exact) mass is 678 g/mol. The van der Waals surface area contributed by atoms with Gasteiger partial charge in [-0.2, -0.15) is 52.7 Å². The standard InChI is InChI=1S/C36H18F12/c37-33(38,39)23-12-21(13-24(17-23)34(40,41)42)30-16-20-7-2-4-10-28(20)32(29-11-5-8-19-6-1-3-9-27(19)29)31(30)22-14-25(35(43,44)45)18-26(15-22)36(46,47)48/h1-18H. The van der Waals surface area contributed by atoms with Crippen molar-refractivity contribution in [3.63, 3.8) is 0 Å². The molecule has 0 bridgehead atoms. The molecule has 6 aromatic carbocycles. The maximum atomic E-state index is 14.1. The minimum absolute atomic E-state index is 0.0123. The summed E-state index contributed by atoms with van der Waals surface area (Å²) in [7, 11) is 0. The fraction of sp³-hybridized carbons (Fsp3) is 0.111. The summed E-state index contributed by atoms with van der Waals surface area (Å²) in [5.41, 5.74) is -8.86. The zero-order valence-electron chi connectivity index (χ0n) is 23.9. The molecule has 246 valence electrons. The lowest BCUT2D eigenvalue weighted by Gasteiger charge is -2.23. The largest absolute Gasteiger partial charge is 0.416 e. The third-order valence-electron chi connectivity index (χ3n) is 7.88. The number of halogens is 12. The highest BCUT2D eigenvalue weighted by Gasteiger charge is 2.39. The zero-order valence-corrected chi connectivity index (χ0v) is 23.9. The first-order chi connectivity index (χ1) is 22.3. The summed E-state index contributed by atoms with van der Waals surface area (Å²) in [5, 5.41) is 1.62. The number of rotatable bonds is 3. The summed E-state index contributed by atoms with van der Waals surface area (Å²) in [5.74, 6) is 0. The van der Waals surface area contributed by atoms with E-state index in [4.69, 9.17) is 0 Å². The molecular formula is C36H18F12. The van der Waals surface area contributed by atoms with Gasteiger partial charge in [0.15, 0.2) is 0 Å². The van der Waals surface area contributed by atoms with Crippen LogP contribution in [0.1, 0.15) is 22.3 Å². The van der Waals surface area contributed by atoms with Crippen molar-refractivity contribution in [2.75, 3.05) is 0 Å². The number of hydrogen-bond donors (Lipinski definition) is 0. The molecule has 0 nitrogen and oxygen atoms in total. The molecule has 0 amide bonds. The van der Waals surface area contributed by atoms with Gasteiger partial charge in [-0.05, 0) is 97.4 Å². The first-order valence-electron chi connectivity index (χ1n) is 14.0. The van der Waals surface area contributed by atoms with Crippen LogP contribution >= 0.6 is 0 Å². The van der Waals surface area contributed by atoms with Crippen LogP contribution in [-0.2, 0) is 24.7 Å². The fourth-order valence-corrected chi connectivity index (χ4v) is 5.81. The zero-order chi connectivity index (χ0) is 34.8. The number of fused-ring (bicyclic) bond motifs is 2. The van der Waals surface area contributed by atoms with Crippen LogP contribution in [0.3, 0.4) is 0 Å². The van der Waals surface area contributed by atoms with Gasteiger partial charge in [-0.25, -0.2) is 0 Å². The van der Waals surface area contributed by atoms with E-state index in [1.807, 2.05) is 0 Å². The predicted molar refractivity (Wildman–Crippen MR) is 158 cm³/mol. The molecule has 6 rings (SSSR count). The van der Waals surface area contributed by atoms with E-state index in [2.05, 4.69) is 0 Å². The fourth-order valence-electron chi connectivity index (χ4n) is 5.81. The summed E-state index contributed by atoms with van der Waals surface area (Å²) in [6.45, 7) is 0. The molecule has 0 unspecified atom stereocenters. The highest BCUT2D eigenvalue weighted by Crippen LogP contribution is 2.50. The number of hydrogen-bond acceptors (Lipinski definition) is 0. The smallest absolute Gasteiger partial charge is 0.166 e. The second kappa shape index (κ2) is 11.3. The van der Waals surface area contributed by atoms with Crippen LogP contribution in [-0.4, -0.2) is 0 Å². The highest BCUT2D eigenvalue weighted by molar-refractivity contribution is 6.14. The van der Waals surface area contributed by atoms with E-state index >= 15 is 0 Å². The van der Waals surface area contributed by atoms with Crippen molar-refractivity contribution >= 4 is 21.5 Å². The van der Waals surface area contributed by atoms with E-state index in [1.54, 1.807) is 42.5 Å². The normalized spacial score (nSPS) is 13.0. The minimum Gasteiger partial charge on any atom is -0.166 e. The average molecular weight is 679 g/mol. The number of alkyl halides is 12. The first-order valence-corrected chi connectivity index (χ1v) is 14.0. The van der Waals surface area contributed by atoms with Gasteiger partial charge >= 0.3 is 24.7 Å². The van der Waals surface area contributed by atoms with Crippen molar-refractivity contribution in [2.24, 2.45) is 0 Å². The third kappa shape index (κ3) is 6.18. The molecule has 0 atom stereocenters. The molecule has 0 aromatic heterocycles. The van der Waals surface area contributed by atoms with Gasteiger partial charge in [0, 0.05) is 0 Å². The predicted octanol–water partition coefficient (Wildman–Crippen LogP) is 13.1. The van der Waals surface area contributed by atoms with E-state index < -0.39 is 69.2 Å². The Morgan fingerprint density at radius 3 is 1.23 bits per heavy atom. The van der Waals surface area contributed by atoms with Crippen LogP contribution in [0.25, 0.3) is 54.9 Å². The molecule has 0 aliphatic rings. The molecular weight excluding hydrogens is 660 g/mol. The highest BCUT2D eigenvalue weighted by atomic mass is 19.4. The summed E-state index contributed by atoms with van der Waals surface area (Å²) >= 11 is 0. The summed E-state index contributed by atoms with van der Waals surface area (Å²) in [4.78, 5) is 0. The van der Waals surface area contributed by atoms with Crippen LogP contribution < -0.4 is 0 Å². The van der Waals surface area contributed by atoms with Crippen molar-refractivity contribution in [1.82, 2.24) is 0 Å². The summed E-state index contributed by atoms with van der Waals surface area (Å²) in [6.07, 6.45) is -21.2. The van der Waals surface area contributed by atoms with E-state index in [0.717, 1.165) is 0 Å². The van der Waals surface area contributed by atoms with Gasteiger partial charge in [-0.1, -0.05) is 66.7 Å². The average Bonchev–Trinajstić information content (AvgIpc) is 3.01. The van der Waals surface area contributed by atoms with Crippen molar-refractivity contribution in [1.29, 1.82) is 0 Å². The van der Waals surface area contributed by atoms with Gasteiger partial charge in [-0.15, -0.1) is 0 Å². The Bertz CT molecular complexity index is 2110. The maximum absolute atomic E-state index is 14.1. The molecule has 0 N–H and O–H groups in total. The molecule has 0 aliphatic heterocycles. The van der Waals surface area contributed by atoms with Crippen LogP contribution in [0.4, 0.5) is 52.7 Å². The molecule has 0 saturated carbocycles. The molecule has 0 spiro atoms. The SMILES string of the molecule is FC(F)(F)c1cc(-c2cc3ccccc3c(-c3cccc4ccccc34)c2-c2cc(C(F)(F)F)cc(C(F)(F)F)c2)cc(C(F)(F)F)c1. The molecule has 0 radical (unpaired) electrons. The van der Waals surface area contributed by atoms with Crippen LogP contribution in [0, 0.1) is 0 Å². The first kappa shape index (κ1) is 32.9. The van der Waals surface area contributed by atoms with Crippen molar-refractivity contribution in [3.8, 4) is 33.4 Å². The molecule has 12 heteroatoms. The van der Waals surface area contributed by atoms with Gasteiger partial charge in [0.1, 0.15) is 0 Å². The molecule has 0 saturated heterocycles. The van der Waals surface area contributed by atoms with E-state index in [9.17, 15) is 52.7 Å². The molecule has 0 fully saturated rings. The Labute approximate surface area is 263 Å². The molecule has 48 heavy (non-hydrogen) atoms. The Hall–Kier alpha value is -5.00. The quantitative estimate of drug-likeness (QED) is 0.164. The van der Waals surface area contributed by atoms with E-state index in [0.29, 0.717) is 35.0 Å². The second-order valence-electron chi connectivity index (χ2n) is 11.0. The topological polar surface area (TPSA) is 0 Å². The Kier molecular flexibility index (Phi) is 7.76.